The lowest BCUT2D eigenvalue weighted by Crippen LogP contribution is -2.32. The van der Waals surface area contributed by atoms with Gasteiger partial charge in [-0.25, -0.2) is 0 Å². The first kappa shape index (κ1) is 10.3. The number of rotatable bonds is 2. The minimum Gasteiger partial charge on any atom is -0.408 e. The van der Waals surface area contributed by atoms with E-state index < -0.39 is 0 Å². The normalized spacial score (nSPS) is 11.7. The van der Waals surface area contributed by atoms with Gasteiger partial charge in [0.1, 0.15) is 0 Å². The van der Waals surface area contributed by atoms with E-state index in [1.807, 2.05) is 11.4 Å². The summed E-state index contributed by atoms with van der Waals surface area (Å²) in [6.07, 6.45) is 0. The molecule has 0 aromatic carbocycles. The van der Waals surface area contributed by atoms with Crippen LogP contribution in [0.4, 0.5) is 0 Å². The van der Waals surface area contributed by atoms with E-state index in [1.54, 1.807) is 23.3 Å². The maximum Gasteiger partial charge on any atom is 0.233 e. The van der Waals surface area contributed by atoms with Gasteiger partial charge in [-0.05, 0) is 22.0 Å². The fourth-order valence-corrected chi connectivity index (χ4v) is 2.33. The fraction of sp³-hybridized carbons (Fsp3) is 0.286. The summed E-state index contributed by atoms with van der Waals surface area (Å²) >= 11 is 4.98. The van der Waals surface area contributed by atoms with Crippen molar-refractivity contribution in [2.75, 3.05) is 7.05 Å². The number of hydrogen-bond acceptors (Lipinski definition) is 3. The molecule has 3 N–H and O–H groups in total. The second kappa shape index (κ2) is 4.48. The van der Waals surface area contributed by atoms with Crippen LogP contribution in [0.1, 0.15) is 4.88 Å². The standard InChI is InChI=1S/C7H10BrN3OS/c1-11(7(9)10-12)3-6-2-5(8)4-13-6/h2,4,12H,3H2,1H3,(H2,9,10). The lowest BCUT2D eigenvalue weighted by Gasteiger charge is -2.14. The molecule has 0 fully saturated rings. The Kier molecular flexibility index (Phi) is 3.56. The Morgan fingerprint density at radius 3 is 3.00 bits per heavy atom. The summed E-state index contributed by atoms with van der Waals surface area (Å²) < 4.78 is 1.06. The Morgan fingerprint density at radius 2 is 2.54 bits per heavy atom. The SMILES string of the molecule is CN(Cc1cc(Br)cs1)C(N)=NO. The van der Waals surface area contributed by atoms with Gasteiger partial charge in [0.2, 0.25) is 5.96 Å². The van der Waals surface area contributed by atoms with E-state index in [4.69, 9.17) is 10.9 Å². The predicted octanol–water partition coefficient (Wildman–Crippen LogP) is 1.65. The second-order valence-corrected chi connectivity index (χ2v) is 4.46. The van der Waals surface area contributed by atoms with Gasteiger partial charge in [0.15, 0.2) is 0 Å². The van der Waals surface area contributed by atoms with Crippen LogP contribution in [0, 0.1) is 0 Å². The number of hydrogen-bond donors (Lipinski definition) is 2. The van der Waals surface area contributed by atoms with Gasteiger partial charge < -0.3 is 15.8 Å². The molecule has 0 saturated carbocycles. The number of oxime groups is 1. The predicted molar refractivity (Wildman–Crippen MR) is 56.9 cm³/mol. The third kappa shape index (κ3) is 2.89. The zero-order valence-electron chi connectivity index (χ0n) is 7.07. The first-order valence-corrected chi connectivity index (χ1v) is 5.22. The Bertz CT molecular complexity index is 312. The molecule has 6 heteroatoms. The van der Waals surface area contributed by atoms with Crippen LogP contribution in [0.25, 0.3) is 0 Å². The van der Waals surface area contributed by atoms with Crippen molar-refractivity contribution in [1.82, 2.24) is 4.90 Å². The molecule has 1 rings (SSSR count). The van der Waals surface area contributed by atoms with Gasteiger partial charge in [-0.2, -0.15) is 0 Å². The summed E-state index contributed by atoms with van der Waals surface area (Å²) in [4.78, 5) is 2.82. The molecule has 0 atom stereocenters. The fourth-order valence-electron chi connectivity index (χ4n) is 0.828. The van der Waals surface area contributed by atoms with Crippen molar-refractivity contribution in [2.45, 2.75) is 6.54 Å². The minimum atomic E-state index is 0.115. The molecule has 72 valence electrons. The lowest BCUT2D eigenvalue weighted by molar-refractivity contribution is 0.304. The van der Waals surface area contributed by atoms with Crippen LogP contribution in [0.5, 0.6) is 0 Å². The Hall–Kier alpha value is -0.750. The smallest absolute Gasteiger partial charge is 0.233 e. The van der Waals surface area contributed by atoms with Gasteiger partial charge in [0.05, 0.1) is 6.54 Å². The van der Waals surface area contributed by atoms with Gasteiger partial charge in [-0.15, -0.1) is 11.3 Å². The summed E-state index contributed by atoms with van der Waals surface area (Å²) in [5, 5.41) is 13.3. The van der Waals surface area contributed by atoms with E-state index in [0.717, 1.165) is 9.35 Å². The van der Waals surface area contributed by atoms with Crippen LogP contribution in [0.2, 0.25) is 0 Å². The topological polar surface area (TPSA) is 61.8 Å². The molecular formula is C7H10BrN3OS. The van der Waals surface area contributed by atoms with E-state index in [9.17, 15) is 0 Å². The van der Waals surface area contributed by atoms with Gasteiger partial charge in [0.25, 0.3) is 0 Å². The largest absolute Gasteiger partial charge is 0.408 e. The number of nitrogens with two attached hydrogens (primary N) is 1. The molecule has 4 nitrogen and oxygen atoms in total. The van der Waals surface area contributed by atoms with Gasteiger partial charge in [0, 0.05) is 21.8 Å². The molecule has 1 aromatic rings. The molecule has 13 heavy (non-hydrogen) atoms. The Labute approximate surface area is 88.8 Å². The second-order valence-electron chi connectivity index (χ2n) is 2.55. The van der Waals surface area contributed by atoms with Crippen LogP contribution in [0.3, 0.4) is 0 Å². The number of guanidine groups is 1. The molecule has 0 aliphatic rings. The monoisotopic (exact) mass is 263 g/mol. The number of halogens is 1. The summed E-state index contributed by atoms with van der Waals surface area (Å²) in [7, 11) is 1.77. The molecule has 1 heterocycles. The van der Waals surface area contributed by atoms with Crippen LogP contribution in [0.15, 0.2) is 21.1 Å². The lowest BCUT2D eigenvalue weighted by atomic mass is 10.4. The summed E-state index contributed by atoms with van der Waals surface area (Å²) in [5.74, 6) is 0.115. The zero-order valence-corrected chi connectivity index (χ0v) is 9.47. The third-order valence-corrected chi connectivity index (χ3v) is 3.19. The maximum absolute atomic E-state index is 8.40. The van der Waals surface area contributed by atoms with E-state index in [2.05, 4.69) is 21.1 Å². The van der Waals surface area contributed by atoms with Crippen LogP contribution in [-0.4, -0.2) is 23.1 Å². The number of nitrogens with zero attached hydrogens (tertiary/aromatic N) is 2. The summed E-state index contributed by atoms with van der Waals surface area (Å²) in [6, 6.07) is 2.01. The Balaban J connectivity index is 2.59. The zero-order chi connectivity index (χ0) is 9.84. The molecule has 0 unspecified atom stereocenters. The molecule has 0 saturated heterocycles. The average Bonchev–Trinajstić information content (AvgIpc) is 2.49. The highest BCUT2D eigenvalue weighted by Gasteiger charge is 2.04. The molecule has 1 aromatic heterocycles. The van der Waals surface area contributed by atoms with Gasteiger partial charge >= 0.3 is 0 Å². The quantitative estimate of drug-likeness (QED) is 0.369. The first-order valence-electron chi connectivity index (χ1n) is 3.55. The van der Waals surface area contributed by atoms with Crippen LogP contribution >= 0.6 is 27.3 Å². The van der Waals surface area contributed by atoms with E-state index in [-0.39, 0.29) is 5.96 Å². The summed E-state index contributed by atoms with van der Waals surface area (Å²) in [6.45, 7) is 0.645. The minimum absolute atomic E-state index is 0.115. The van der Waals surface area contributed by atoms with E-state index >= 15 is 0 Å². The first-order chi connectivity index (χ1) is 6.13. The Morgan fingerprint density at radius 1 is 1.85 bits per heavy atom. The molecule has 0 aliphatic carbocycles. The van der Waals surface area contributed by atoms with Crippen molar-refractivity contribution in [3.8, 4) is 0 Å². The van der Waals surface area contributed by atoms with E-state index in [0.29, 0.717) is 6.54 Å². The highest BCUT2D eigenvalue weighted by atomic mass is 79.9. The highest BCUT2D eigenvalue weighted by molar-refractivity contribution is 9.10. The highest BCUT2D eigenvalue weighted by Crippen LogP contribution is 2.20. The van der Waals surface area contributed by atoms with Crippen molar-refractivity contribution in [2.24, 2.45) is 10.9 Å². The van der Waals surface area contributed by atoms with Crippen molar-refractivity contribution < 1.29 is 5.21 Å². The van der Waals surface area contributed by atoms with Gasteiger partial charge in [-0.3, -0.25) is 0 Å². The number of thiophene rings is 1. The van der Waals surface area contributed by atoms with Crippen LogP contribution in [-0.2, 0) is 6.54 Å². The molecule has 0 aliphatic heterocycles. The van der Waals surface area contributed by atoms with Crippen molar-refractivity contribution >= 4 is 33.2 Å². The van der Waals surface area contributed by atoms with Gasteiger partial charge in [-0.1, -0.05) is 5.16 Å². The van der Waals surface area contributed by atoms with Crippen LogP contribution < -0.4 is 5.73 Å². The van der Waals surface area contributed by atoms with E-state index in [1.165, 1.54) is 0 Å². The molecule has 0 spiro atoms. The van der Waals surface area contributed by atoms with Crippen molar-refractivity contribution in [3.63, 3.8) is 0 Å². The molecular weight excluding hydrogens is 254 g/mol. The van der Waals surface area contributed by atoms with Crippen molar-refractivity contribution in [3.05, 3.63) is 20.8 Å². The average molecular weight is 264 g/mol. The molecule has 0 amide bonds. The maximum atomic E-state index is 8.40. The summed E-state index contributed by atoms with van der Waals surface area (Å²) in [5.41, 5.74) is 5.39. The third-order valence-electron chi connectivity index (χ3n) is 1.51. The molecule has 0 radical (unpaired) electrons. The van der Waals surface area contributed by atoms with Crippen molar-refractivity contribution in [1.29, 1.82) is 0 Å². The molecule has 0 bridgehead atoms.